The predicted molar refractivity (Wildman–Crippen MR) is 93.2 cm³/mol. The van der Waals surface area contributed by atoms with Gasteiger partial charge in [0.05, 0.1) is 22.4 Å². The van der Waals surface area contributed by atoms with Crippen molar-refractivity contribution in [2.45, 2.75) is 6.42 Å². The molecule has 2 nitrogen and oxygen atoms in total. The topological polar surface area (TPSA) is 25.8 Å². The first-order chi connectivity index (χ1) is 11.4. The fourth-order valence-corrected chi connectivity index (χ4v) is 3.39. The van der Waals surface area contributed by atoms with E-state index in [0.717, 1.165) is 28.8 Å². The minimum atomic E-state index is 0.917. The average Bonchev–Trinajstić information content (AvgIpc) is 2.74. The average molecular weight is 294 g/mol. The molecule has 3 aromatic carbocycles. The molecule has 23 heavy (non-hydrogen) atoms. The quantitative estimate of drug-likeness (QED) is 0.407. The van der Waals surface area contributed by atoms with Crippen molar-refractivity contribution in [3.05, 3.63) is 83.9 Å². The van der Waals surface area contributed by atoms with Crippen LogP contribution in [0.4, 0.5) is 0 Å². The van der Waals surface area contributed by atoms with Gasteiger partial charge in [-0.25, -0.2) is 9.97 Å². The van der Waals surface area contributed by atoms with Gasteiger partial charge in [0.25, 0.3) is 0 Å². The summed E-state index contributed by atoms with van der Waals surface area (Å²) in [4.78, 5) is 9.91. The highest BCUT2D eigenvalue weighted by molar-refractivity contribution is 5.89. The zero-order valence-electron chi connectivity index (χ0n) is 12.5. The molecule has 0 saturated heterocycles. The van der Waals surface area contributed by atoms with Crippen molar-refractivity contribution in [3.63, 3.8) is 0 Å². The van der Waals surface area contributed by atoms with Crippen molar-refractivity contribution in [2.75, 3.05) is 0 Å². The Balaban J connectivity index is 1.96. The normalized spacial score (nSPS) is 12.2. The Kier molecular flexibility index (Phi) is 2.59. The van der Waals surface area contributed by atoms with Crippen LogP contribution < -0.4 is 0 Å². The lowest BCUT2D eigenvalue weighted by atomic mass is 10.00. The third-order valence-electron chi connectivity index (χ3n) is 4.50. The molecular weight excluding hydrogens is 280 g/mol. The third-order valence-corrected chi connectivity index (χ3v) is 4.50. The first-order valence-corrected chi connectivity index (χ1v) is 7.83. The number of hydrogen-bond donors (Lipinski definition) is 0. The van der Waals surface area contributed by atoms with Crippen LogP contribution in [0.25, 0.3) is 33.5 Å². The Morgan fingerprint density at radius 2 is 0.957 bits per heavy atom. The highest BCUT2D eigenvalue weighted by atomic mass is 14.8. The van der Waals surface area contributed by atoms with Crippen LogP contribution in [-0.4, -0.2) is 9.97 Å². The minimum absolute atomic E-state index is 0.917. The predicted octanol–water partition coefficient (Wildman–Crippen LogP) is 4.87. The molecule has 108 valence electrons. The van der Waals surface area contributed by atoms with E-state index in [2.05, 4.69) is 48.5 Å². The Morgan fingerprint density at radius 1 is 0.522 bits per heavy atom. The molecule has 1 aliphatic rings. The van der Waals surface area contributed by atoms with Gasteiger partial charge in [0.1, 0.15) is 0 Å². The molecule has 1 aromatic heterocycles. The molecule has 0 spiro atoms. The molecular formula is C21H14N2. The zero-order chi connectivity index (χ0) is 15.2. The number of rotatable bonds is 0. The summed E-state index contributed by atoms with van der Waals surface area (Å²) in [6, 6.07) is 25.1. The van der Waals surface area contributed by atoms with Crippen molar-refractivity contribution in [2.24, 2.45) is 0 Å². The van der Waals surface area contributed by atoms with Gasteiger partial charge in [0, 0.05) is 11.1 Å². The number of fused-ring (bicyclic) bond motifs is 6. The molecule has 0 saturated carbocycles. The summed E-state index contributed by atoms with van der Waals surface area (Å²) in [5.41, 5.74) is 8.87. The molecule has 1 heterocycles. The number of para-hydroxylation sites is 2. The molecule has 0 amide bonds. The third kappa shape index (κ3) is 1.88. The summed E-state index contributed by atoms with van der Waals surface area (Å²) in [5.74, 6) is 0. The first kappa shape index (κ1) is 12.5. The monoisotopic (exact) mass is 294 g/mol. The number of benzene rings is 3. The lowest BCUT2D eigenvalue weighted by molar-refractivity contribution is 1.21. The van der Waals surface area contributed by atoms with Crippen LogP contribution in [0.2, 0.25) is 0 Å². The Hall–Kier alpha value is -3.00. The van der Waals surface area contributed by atoms with Crippen LogP contribution in [0.3, 0.4) is 0 Å². The second kappa shape index (κ2) is 4.75. The van der Waals surface area contributed by atoms with E-state index in [1.165, 1.54) is 22.3 Å². The number of aromatic nitrogens is 2. The van der Waals surface area contributed by atoms with Crippen molar-refractivity contribution < 1.29 is 0 Å². The fraction of sp³-hybridized carbons (Fsp3) is 0.0476. The summed E-state index contributed by atoms with van der Waals surface area (Å²) in [5, 5.41) is 0. The van der Waals surface area contributed by atoms with E-state index in [1.807, 2.05) is 24.3 Å². The second-order valence-corrected chi connectivity index (χ2v) is 5.90. The molecule has 0 bridgehead atoms. The van der Waals surface area contributed by atoms with Crippen molar-refractivity contribution in [1.29, 1.82) is 0 Å². The maximum absolute atomic E-state index is 4.95. The molecule has 0 atom stereocenters. The SMILES string of the molecule is c1ccc2c(c1)Cc1ccccc1-c1nc3ccccc3nc1-2. The number of nitrogens with zero attached hydrogens (tertiary/aromatic N) is 2. The van der Waals surface area contributed by atoms with E-state index >= 15 is 0 Å². The molecule has 1 aliphatic carbocycles. The molecule has 0 aliphatic heterocycles. The van der Waals surface area contributed by atoms with Gasteiger partial charge in [0.2, 0.25) is 0 Å². The first-order valence-electron chi connectivity index (χ1n) is 7.83. The Labute approximate surface area is 134 Å². The van der Waals surface area contributed by atoms with Gasteiger partial charge in [-0.05, 0) is 29.7 Å². The van der Waals surface area contributed by atoms with E-state index in [4.69, 9.17) is 9.97 Å². The van der Waals surface area contributed by atoms with Gasteiger partial charge in [-0.2, -0.15) is 0 Å². The molecule has 0 unspecified atom stereocenters. The van der Waals surface area contributed by atoms with Crippen molar-refractivity contribution in [1.82, 2.24) is 9.97 Å². The maximum atomic E-state index is 4.95. The summed E-state index contributed by atoms with van der Waals surface area (Å²) < 4.78 is 0. The van der Waals surface area contributed by atoms with E-state index < -0.39 is 0 Å². The molecule has 0 radical (unpaired) electrons. The van der Waals surface area contributed by atoms with Gasteiger partial charge < -0.3 is 0 Å². The van der Waals surface area contributed by atoms with Gasteiger partial charge in [-0.15, -0.1) is 0 Å². The largest absolute Gasteiger partial charge is 0.244 e. The summed E-state index contributed by atoms with van der Waals surface area (Å²) >= 11 is 0. The van der Waals surface area contributed by atoms with Crippen LogP contribution in [0.15, 0.2) is 72.8 Å². The van der Waals surface area contributed by atoms with Gasteiger partial charge in [-0.3, -0.25) is 0 Å². The van der Waals surface area contributed by atoms with Gasteiger partial charge >= 0.3 is 0 Å². The highest BCUT2D eigenvalue weighted by Gasteiger charge is 2.21. The van der Waals surface area contributed by atoms with Crippen molar-refractivity contribution >= 4 is 11.0 Å². The smallest absolute Gasteiger partial charge is 0.0976 e. The summed E-state index contributed by atoms with van der Waals surface area (Å²) in [6.07, 6.45) is 0.917. The van der Waals surface area contributed by atoms with Gasteiger partial charge in [0.15, 0.2) is 0 Å². The summed E-state index contributed by atoms with van der Waals surface area (Å²) in [7, 11) is 0. The van der Waals surface area contributed by atoms with Crippen molar-refractivity contribution in [3.8, 4) is 22.5 Å². The highest BCUT2D eigenvalue weighted by Crippen LogP contribution is 2.38. The lowest BCUT2D eigenvalue weighted by Gasteiger charge is -2.10. The Morgan fingerprint density at radius 3 is 1.48 bits per heavy atom. The molecule has 0 N–H and O–H groups in total. The molecule has 0 fully saturated rings. The van der Waals surface area contributed by atoms with E-state index in [-0.39, 0.29) is 0 Å². The second-order valence-electron chi connectivity index (χ2n) is 5.90. The van der Waals surface area contributed by atoms with E-state index in [1.54, 1.807) is 0 Å². The molecule has 4 aromatic rings. The molecule has 5 rings (SSSR count). The fourth-order valence-electron chi connectivity index (χ4n) is 3.39. The standard InChI is InChI=1S/C21H14N2/c1-3-9-16-14(7-1)13-15-8-2-4-10-17(15)21-20(16)22-18-11-5-6-12-19(18)23-21/h1-12H,13H2. The van der Waals surface area contributed by atoms with E-state index in [0.29, 0.717) is 0 Å². The summed E-state index contributed by atoms with van der Waals surface area (Å²) in [6.45, 7) is 0. The van der Waals surface area contributed by atoms with E-state index in [9.17, 15) is 0 Å². The zero-order valence-corrected chi connectivity index (χ0v) is 12.5. The lowest BCUT2D eigenvalue weighted by Crippen LogP contribution is -1.95. The minimum Gasteiger partial charge on any atom is -0.244 e. The van der Waals surface area contributed by atoms with Crippen LogP contribution >= 0.6 is 0 Å². The van der Waals surface area contributed by atoms with Crippen LogP contribution in [0, 0.1) is 0 Å². The van der Waals surface area contributed by atoms with Crippen LogP contribution in [0.5, 0.6) is 0 Å². The van der Waals surface area contributed by atoms with Crippen LogP contribution in [0.1, 0.15) is 11.1 Å². The Bertz CT molecular complexity index is 966. The maximum Gasteiger partial charge on any atom is 0.0976 e. The van der Waals surface area contributed by atoms with Crippen LogP contribution in [-0.2, 0) is 6.42 Å². The van der Waals surface area contributed by atoms with Gasteiger partial charge in [-0.1, -0.05) is 60.7 Å². The molecule has 2 heteroatoms. The number of hydrogen-bond acceptors (Lipinski definition) is 2.